The van der Waals surface area contributed by atoms with E-state index in [2.05, 4.69) is 9.72 Å². The first-order valence-electron chi connectivity index (χ1n) is 5.45. The number of nitrogens with two attached hydrogens (primary N) is 1. The predicted molar refractivity (Wildman–Crippen MR) is 65.5 cm³/mol. The van der Waals surface area contributed by atoms with Crippen molar-refractivity contribution >= 4 is 5.69 Å². The number of para-hydroxylation sites is 1. The van der Waals surface area contributed by atoms with E-state index >= 15 is 0 Å². The zero-order chi connectivity index (χ0) is 14.0. The fraction of sp³-hybridized carbons (Fsp3) is 0.154. The van der Waals surface area contributed by atoms with Crippen LogP contribution in [-0.4, -0.2) is 11.3 Å². The molecule has 1 aromatic carbocycles. The molecule has 0 saturated carbocycles. The summed E-state index contributed by atoms with van der Waals surface area (Å²) in [6.07, 6.45) is -4.74. The van der Waals surface area contributed by atoms with Gasteiger partial charge in [0.05, 0.1) is 17.1 Å². The molecule has 19 heavy (non-hydrogen) atoms. The molecule has 6 heteroatoms. The van der Waals surface area contributed by atoms with Gasteiger partial charge in [-0.1, -0.05) is 12.1 Å². The Hall–Kier alpha value is -2.24. The Morgan fingerprint density at radius 2 is 1.79 bits per heavy atom. The minimum absolute atomic E-state index is 0.267. The second-order valence-corrected chi connectivity index (χ2v) is 3.92. The molecule has 0 unspecified atom stereocenters. The fourth-order valence-corrected chi connectivity index (χ4v) is 1.61. The molecule has 0 aliphatic heterocycles. The zero-order valence-electron chi connectivity index (χ0n) is 10.0. The van der Waals surface area contributed by atoms with E-state index in [4.69, 9.17) is 5.73 Å². The molecule has 0 aliphatic rings. The van der Waals surface area contributed by atoms with Crippen LogP contribution in [0.5, 0.6) is 5.75 Å². The van der Waals surface area contributed by atoms with Crippen LogP contribution in [0.15, 0.2) is 36.4 Å². The van der Waals surface area contributed by atoms with Gasteiger partial charge in [0.2, 0.25) is 0 Å². The normalized spacial score (nSPS) is 11.4. The molecule has 2 rings (SSSR count). The Morgan fingerprint density at radius 3 is 2.42 bits per heavy atom. The molecule has 0 fully saturated rings. The lowest BCUT2D eigenvalue weighted by Gasteiger charge is -2.13. The lowest BCUT2D eigenvalue weighted by molar-refractivity contribution is -0.274. The quantitative estimate of drug-likeness (QED) is 0.906. The van der Waals surface area contributed by atoms with Crippen LogP contribution in [0.2, 0.25) is 0 Å². The van der Waals surface area contributed by atoms with Crippen molar-refractivity contribution in [2.45, 2.75) is 13.3 Å². The van der Waals surface area contributed by atoms with Crippen molar-refractivity contribution < 1.29 is 17.9 Å². The van der Waals surface area contributed by atoms with Gasteiger partial charge in [0.25, 0.3) is 0 Å². The number of halogens is 3. The van der Waals surface area contributed by atoms with Crippen molar-refractivity contribution in [3.63, 3.8) is 0 Å². The van der Waals surface area contributed by atoms with Gasteiger partial charge >= 0.3 is 6.36 Å². The Bertz CT molecular complexity index is 597. The first-order chi connectivity index (χ1) is 8.87. The summed E-state index contributed by atoms with van der Waals surface area (Å²) in [4.78, 5) is 4.16. The molecular formula is C13H11F3N2O. The highest BCUT2D eigenvalue weighted by molar-refractivity contribution is 5.68. The number of aromatic nitrogens is 1. The smallest absolute Gasteiger partial charge is 0.405 e. The summed E-state index contributed by atoms with van der Waals surface area (Å²) in [6.45, 7) is 1.69. The van der Waals surface area contributed by atoms with Crippen LogP contribution in [0.4, 0.5) is 18.9 Å². The van der Waals surface area contributed by atoms with Gasteiger partial charge in [0.1, 0.15) is 5.75 Å². The molecule has 2 aromatic rings. The zero-order valence-corrected chi connectivity index (χ0v) is 10.0. The van der Waals surface area contributed by atoms with Crippen LogP contribution >= 0.6 is 0 Å². The number of aryl methyl sites for hydroxylation is 1. The summed E-state index contributed by atoms with van der Waals surface area (Å²) < 4.78 is 40.9. The van der Waals surface area contributed by atoms with Gasteiger partial charge in [-0.05, 0) is 31.2 Å². The average molecular weight is 268 g/mol. The number of alkyl halides is 3. The topological polar surface area (TPSA) is 48.1 Å². The molecule has 1 heterocycles. The third-order valence-corrected chi connectivity index (χ3v) is 2.52. The number of hydrogen-bond acceptors (Lipinski definition) is 3. The number of benzene rings is 1. The van der Waals surface area contributed by atoms with E-state index in [9.17, 15) is 13.2 Å². The van der Waals surface area contributed by atoms with Crippen LogP contribution in [0.1, 0.15) is 5.69 Å². The molecule has 0 radical (unpaired) electrons. The summed E-state index contributed by atoms with van der Waals surface area (Å²) in [5.74, 6) is -0.285. The molecule has 1 aromatic heterocycles. The molecule has 0 amide bonds. The van der Waals surface area contributed by atoms with E-state index in [-0.39, 0.29) is 11.3 Å². The highest BCUT2D eigenvalue weighted by Gasteiger charge is 2.32. The predicted octanol–water partition coefficient (Wildman–Crippen LogP) is 3.54. The van der Waals surface area contributed by atoms with Crippen LogP contribution in [-0.2, 0) is 0 Å². The van der Waals surface area contributed by atoms with Gasteiger partial charge in [-0.15, -0.1) is 13.2 Å². The Kier molecular flexibility index (Phi) is 3.33. The SMILES string of the molecule is Cc1nc(-c2ccccc2OC(F)(F)F)ccc1N. The summed E-state index contributed by atoms with van der Waals surface area (Å²) in [5, 5.41) is 0. The lowest BCUT2D eigenvalue weighted by atomic mass is 10.1. The fourth-order valence-electron chi connectivity index (χ4n) is 1.61. The largest absolute Gasteiger partial charge is 0.573 e. The van der Waals surface area contributed by atoms with Crippen molar-refractivity contribution in [3.05, 3.63) is 42.1 Å². The molecule has 2 N–H and O–H groups in total. The Labute approximate surface area is 107 Å². The monoisotopic (exact) mass is 268 g/mol. The number of nitrogens with zero attached hydrogens (tertiary/aromatic N) is 1. The lowest BCUT2D eigenvalue weighted by Crippen LogP contribution is -2.17. The number of anilines is 1. The maximum atomic E-state index is 12.3. The van der Waals surface area contributed by atoms with Crippen LogP contribution < -0.4 is 10.5 Å². The van der Waals surface area contributed by atoms with E-state index in [1.54, 1.807) is 25.1 Å². The third kappa shape index (κ3) is 3.15. The standard InChI is InChI=1S/C13H11F3N2O/c1-8-10(17)6-7-11(18-8)9-4-2-3-5-12(9)19-13(14,15)16/h2-7H,17H2,1H3. The van der Waals surface area contributed by atoms with Crippen molar-refractivity contribution in [3.8, 4) is 17.0 Å². The van der Waals surface area contributed by atoms with Gasteiger partial charge in [-0.3, -0.25) is 4.98 Å². The summed E-state index contributed by atoms with van der Waals surface area (Å²) in [7, 11) is 0. The molecule has 0 aliphatic carbocycles. The van der Waals surface area contributed by atoms with Crippen LogP contribution in [0.25, 0.3) is 11.3 Å². The summed E-state index contributed by atoms with van der Waals surface area (Å²) >= 11 is 0. The third-order valence-electron chi connectivity index (χ3n) is 2.52. The Morgan fingerprint density at radius 1 is 1.11 bits per heavy atom. The molecule has 0 saturated heterocycles. The van der Waals surface area contributed by atoms with Crippen molar-refractivity contribution in [1.82, 2.24) is 4.98 Å². The van der Waals surface area contributed by atoms with E-state index in [1.165, 1.54) is 18.2 Å². The van der Waals surface area contributed by atoms with Gasteiger partial charge in [-0.2, -0.15) is 0 Å². The van der Waals surface area contributed by atoms with Gasteiger partial charge in [0, 0.05) is 5.56 Å². The molecule has 0 bridgehead atoms. The number of ether oxygens (including phenoxy) is 1. The number of hydrogen-bond donors (Lipinski definition) is 1. The highest BCUT2D eigenvalue weighted by Crippen LogP contribution is 2.33. The Balaban J connectivity index is 2.47. The number of pyridine rings is 1. The van der Waals surface area contributed by atoms with Gasteiger partial charge in [-0.25, -0.2) is 0 Å². The molecular weight excluding hydrogens is 257 g/mol. The average Bonchev–Trinajstić information content (AvgIpc) is 2.31. The minimum Gasteiger partial charge on any atom is -0.405 e. The minimum atomic E-state index is -4.74. The molecule has 0 spiro atoms. The first kappa shape index (κ1) is 13.2. The highest BCUT2D eigenvalue weighted by atomic mass is 19.4. The van der Waals surface area contributed by atoms with E-state index < -0.39 is 6.36 Å². The maximum absolute atomic E-state index is 12.3. The van der Waals surface area contributed by atoms with Crippen molar-refractivity contribution in [2.24, 2.45) is 0 Å². The maximum Gasteiger partial charge on any atom is 0.573 e. The van der Waals surface area contributed by atoms with Crippen LogP contribution in [0, 0.1) is 6.92 Å². The van der Waals surface area contributed by atoms with Crippen LogP contribution in [0.3, 0.4) is 0 Å². The molecule has 3 nitrogen and oxygen atoms in total. The second-order valence-electron chi connectivity index (χ2n) is 3.92. The van der Waals surface area contributed by atoms with Crippen molar-refractivity contribution in [2.75, 3.05) is 5.73 Å². The van der Waals surface area contributed by atoms with Crippen molar-refractivity contribution in [1.29, 1.82) is 0 Å². The van der Waals surface area contributed by atoms with Gasteiger partial charge < -0.3 is 10.5 Å². The summed E-state index contributed by atoms with van der Waals surface area (Å²) in [5.41, 5.74) is 7.32. The summed E-state index contributed by atoms with van der Waals surface area (Å²) in [6, 6.07) is 9.00. The van der Waals surface area contributed by atoms with Gasteiger partial charge in [0.15, 0.2) is 0 Å². The number of nitrogen functional groups attached to an aromatic ring is 1. The van der Waals surface area contributed by atoms with E-state index in [0.29, 0.717) is 17.1 Å². The second kappa shape index (κ2) is 4.79. The first-order valence-corrected chi connectivity index (χ1v) is 5.45. The van der Waals surface area contributed by atoms with E-state index in [1.807, 2.05) is 0 Å². The number of rotatable bonds is 2. The molecule has 100 valence electrons. The molecule has 0 atom stereocenters. The van der Waals surface area contributed by atoms with E-state index in [0.717, 1.165) is 0 Å².